The fourth-order valence-corrected chi connectivity index (χ4v) is 3.18. The Morgan fingerprint density at radius 2 is 2.05 bits per heavy atom. The molecule has 0 bridgehead atoms. The van der Waals surface area contributed by atoms with Crippen LogP contribution in [0.3, 0.4) is 0 Å². The van der Waals surface area contributed by atoms with Crippen molar-refractivity contribution < 1.29 is 9.53 Å². The SMILES string of the molecule is CC1(C)Oc2ccccc2N2CN(C(C)(C)C(N)=O)CC21. The molecule has 2 aliphatic rings. The molecule has 1 amide bonds. The van der Waals surface area contributed by atoms with Crippen LogP contribution < -0.4 is 15.4 Å². The van der Waals surface area contributed by atoms with Gasteiger partial charge in [0.25, 0.3) is 0 Å². The first-order chi connectivity index (χ1) is 9.73. The highest BCUT2D eigenvalue weighted by molar-refractivity contribution is 5.83. The highest BCUT2D eigenvalue weighted by Crippen LogP contribution is 2.43. The summed E-state index contributed by atoms with van der Waals surface area (Å²) in [4.78, 5) is 16.2. The van der Waals surface area contributed by atoms with E-state index in [1.807, 2.05) is 32.0 Å². The molecule has 0 saturated carbocycles. The van der Waals surface area contributed by atoms with Crippen molar-refractivity contribution in [2.45, 2.75) is 44.9 Å². The summed E-state index contributed by atoms with van der Waals surface area (Å²) < 4.78 is 6.17. The van der Waals surface area contributed by atoms with Crippen LogP contribution in [0.25, 0.3) is 0 Å². The number of primary amides is 1. The minimum Gasteiger partial charge on any atom is -0.483 e. The summed E-state index contributed by atoms with van der Waals surface area (Å²) in [5.41, 5.74) is 5.69. The molecule has 21 heavy (non-hydrogen) atoms. The molecule has 1 aromatic carbocycles. The smallest absolute Gasteiger partial charge is 0.237 e. The average Bonchev–Trinajstić information content (AvgIpc) is 2.85. The normalized spacial score (nSPS) is 24.2. The van der Waals surface area contributed by atoms with E-state index in [1.165, 1.54) is 0 Å². The fourth-order valence-electron chi connectivity index (χ4n) is 3.18. The van der Waals surface area contributed by atoms with Crippen molar-refractivity contribution in [3.05, 3.63) is 24.3 Å². The second-order valence-corrected chi connectivity index (χ2v) is 6.95. The molecule has 5 heteroatoms. The van der Waals surface area contributed by atoms with Crippen molar-refractivity contribution in [1.82, 2.24) is 4.90 Å². The van der Waals surface area contributed by atoms with E-state index in [-0.39, 0.29) is 17.6 Å². The maximum absolute atomic E-state index is 11.8. The van der Waals surface area contributed by atoms with E-state index < -0.39 is 5.54 Å². The number of amides is 1. The number of ether oxygens (including phenoxy) is 1. The van der Waals surface area contributed by atoms with Gasteiger partial charge in [-0.25, -0.2) is 0 Å². The fraction of sp³-hybridized carbons (Fsp3) is 0.562. The van der Waals surface area contributed by atoms with Crippen LogP contribution in [0, 0.1) is 0 Å². The van der Waals surface area contributed by atoms with Gasteiger partial charge < -0.3 is 15.4 Å². The van der Waals surface area contributed by atoms with Crippen molar-refractivity contribution in [2.24, 2.45) is 5.73 Å². The maximum Gasteiger partial charge on any atom is 0.237 e. The molecule has 2 N–H and O–H groups in total. The Hall–Kier alpha value is -1.75. The zero-order valence-electron chi connectivity index (χ0n) is 13.1. The Kier molecular flexibility index (Phi) is 2.95. The number of carbonyl (C=O) groups excluding carboxylic acids is 1. The van der Waals surface area contributed by atoms with Crippen molar-refractivity contribution >= 4 is 11.6 Å². The van der Waals surface area contributed by atoms with Crippen LogP contribution in [0.2, 0.25) is 0 Å². The zero-order chi connectivity index (χ0) is 15.4. The van der Waals surface area contributed by atoms with Gasteiger partial charge in [-0.3, -0.25) is 9.69 Å². The summed E-state index contributed by atoms with van der Waals surface area (Å²) in [6, 6.07) is 8.26. The maximum atomic E-state index is 11.8. The monoisotopic (exact) mass is 289 g/mol. The number of fused-ring (bicyclic) bond motifs is 3. The predicted octanol–water partition coefficient (Wildman–Crippen LogP) is 1.57. The van der Waals surface area contributed by atoms with E-state index in [9.17, 15) is 4.79 Å². The van der Waals surface area contributed by atoms with E-state index in [4.69, 9.17) is 10.5 Å². The summed E-state index contributed by atoms with van der Waals surface area (Å²) in [7, 11) is 0. The van der Waals surface area contributed by atoms with Crippen LogP contribution >= 0.6 is 0 Å². The summed E-state index contributed by atoms with van der Waals surface area (Å²) in [6.45, 7) is 9.41. The molecule has 1 unspecified atom stereocenters. The van der Waals surface area contributed by atoms with Gasteiger partial charge in [0.05, 0.1) is 23.9 Å². The Balaban J connectivity index is 1.99. The van der Waals surface area contributed by atoms with Gasteiger partial charge in [0.2, 0.25) is 5.91 Å². The number of hydrogen-bond donors (Lipinski definition) is 1. The van der Waals surface area contributed by atoms with E-state index in [1.54, 1.807) is 0 Å². The van der Waals surface area contributed by atoms with Crippen LogP contribution in [0.15, 0.2) is 24.3 Å². The largest absolute Gasteiger partial charge is 0.483 e. The summed E-state index contributed by atoms with van der Waals surface area (Å²) in [6.07, 6.45) is 0. The number of para-hydroxylation sites is 2. The molecule has 0 aliphatic carbocycles. The molecule has 0 radical (unpaired) electrons. The van der Waals surface area contributed by atoms with Crippen molar-refractivity contribution in [3.8, 4) is 5.75 Å². The van der Waals surface area contributed by atoms with E-state index in [0.717, 1.165) is 18.0 Å². The molecular formula is C16H23N3O2. The van der Waals surface area contributed by atoms with E-state index in [2.05, 4.69) is 29.7 Å². The van der Waals surface area contributed by atoms with Crippen molar-refractivity contribution in [2.75, 3.05) is 18.1 Å². The van der Waals surface area contributed by atoms with E-state index >= 15 is 0 Å². The Morgan fingerprint density at radius 1 is 1.38 bits per heavy atom. The van der Waals surface area contributed by atoms with Gasteiger partial charge >= 0.3 is 0 Å². The number of nitrogens with zero attached hydrogens (tertiary/aromatic N) is 2. The summed E-state index contributed by atoms with van der Waals surface area (Å²) in [5, 5.41) is 0. The Labute approximate surface area is 125 Å². The average molecular weight is 289 g/mol. The van der Waals surface area contributed by atoms with Crippen LogP contribution in [-0.4, -0.2) is 41.2 Å². The predicted molar refractivity (Wildman–Crippen MR) is 82.3 cm³/mol. The number of carbonyl (C=O) groups is 1. The molecule has 2 heterocycles. The molecule has 0 spiro atoms. The molecule has 3 rings (SSSR count). The van der Waals surface area contributed by atoms with Gasteiger partial charge in [-0.15, -0.1) is 0 Å². The second-order valence-electron chi connectivity index (χ2n) is 6.95. The Morgan fingerprint density at radius 3 is 2.71 bits per heavy atom. The number of anilines is 1. The third kappa shape index (κ3) is 2.07. The van der Waals surface area contributed by atoms with Gasteiger partial charge in [0.1, 0.15) is 11.4 Å². The van der Waals surface area contributed by atoms with Crippen LogP contribution in [-0.2, 0) is 4.79 Å². The zero-order valence-corrected chi connectivity index (χ0v) is 13.1. The van der Waals surface area contributed by atoms with Crippen molar-refractivity contribution in [3.63, 3.8) is 0 Å². The quantitative estimate of drug-likeness (QED) is 0.898. The lowest BCUT2D eigenvalue weighted by Gasteiger charge is -2.43. The molecule has 1 atom stereocenters. The van der Waals surface area contributed by atoms with Gasteiger partial charge in [-0.1, -0.05) is 12.1 Å². The lowest BCUT2D eigenvalue weighted by Crippen LogP contribution is -2.55. The van der Waals surface area contributed by atoms with Crippen LogP contribution in [0.4, 0.5) is 5.69 Å². The first-order valence-electron chi connectivity index (χ1n) is 7.33. The molecular weight excluding hydrogens is 266 g/mol. The van der Waals surface area contributed by atoms with Gasteiger partial charge in [0, 0.05) is 6.54 Å². The highest BCUT2D eigenvalue weighted by Gasteiger charge is 2.50. The standard InChI is InChI=1S/C16H23N3O2/c1-15(2,14(17)20)18-9-13-16(3,4)21-12-8-6-5-7-11(12)19(13)10-18/h5-8,13H,9-10H2,1-4H3,(H2,17,20). The highest BCUT2D eigenvalue weighted by atomic mass is 16.5. The third-order valence-electron chi connectivity index (χ3n) is 4.84. The number of hydrogen-bond acceptors (Lipinski definition) is 4. The first kappa shape index (κ1) is 14.2. The number of benzene rings is 1. The Bertz CT molecular complexity index is 583. The number of rotatable bonds is 2. The molecule has 2 aliphatic heterocycles. The van der Waals surface area contributed by atoms with Crippen molar-refractivity contribution in [1.29, 1.82) is 0 Å². The third-order valence-corrected chi connectivity index (χ3v) is 4.84. The first-order valence-corrected chi connectivity index (χ1v) is 7.33. The molecule has 1 aromatic rings. The van der Waals surface area contributed by atoms with Crippen LogP contribution in [0.5, 0.6) is 5.75 Å². The lowest BCUT2D eigenvalue weighted by molar-refractivity contribution is -0.127. The van der Waals surface area contributed by atoms with E-state index in [0.29, 0.717) is 6.67 Å². The second kappa shape index (κ2) is 4.37. The minimum absolute atomic E-state index is 0.200. The molecule has 114 valence electrons. The van der Waals surface area contributed by atoms with Gasteiger partial charge in [-0.2, -0.15) is 0 Å². The minimum atomic E-state index is -0.664. The molecule has 0 aromatic heterocycles. The lowest BCUT2D eigenvalue weighted by atomic mass is 9.94. The van der Waals surface area contributed by atoms with Gasteiger partial charge in [0.15, 0.2) is 0 Å². The molecule has 1 saturated heterocycles. The molecule has 1 fully saturated rings. The molecule has 5 nitrogen and oxygen atoms in total. The summed E-state index contributed by atoms with van der Waals surface area (Å²) >= 11 is 0. The van der Waals surface area contributed by atoms with Crippen LogP contribution in [0.1, 0.15) is 27.7 Å². The topological polar surface area (TPSA) is 58.8 Å². The summed E-state index contributed by atoms with van der Waals surface area (Å²) in [5.74, 6) is 0.604. The number of nitrogens with two attached hydrogens (primary N) is 1. The van der Waals surface area contributed by atoms with Gasteiger partial charge in [-0.05, 0) is 39.8 Å².